The molecule has 21 heavy (non-hydrogen) atoms. The van der Waals surface area contributed by atoms with Gasteiger partial charge in [-0.05, 0) is 20.3 Å². The van der Waals surface area contributed by atoms with E-state index in [4.69, 9.17) is 4.74 Å². The molecule has 1 aromatic rings. The van der Waals surface area contributed by atoms with Gasteiger partial charge in [0, 0.05) is 25.9 Å². The molecule has 1 aromatic heterocycles. The maximum absolute atomic E-state index is 13.5. The van der Waals surface area contributed by atoms with Crippen molar-refractivity contribution in [2.24, 2.45) is 0 Å². The summed E-state index contributed by atoms with van der Waals surface area (Å²) in [5.41, 5.74) is 0.758. The largest absolute Gasteiger partial charge is 0.465 e. The van der Waals surface area contributed by atoms with Crippen LogP contribution in [0.5, 0.6) is 0 Å². The summed E-state index contributed by atoms with van der Waals surface area (Å²) >= 11 is 0. The summed E-state index contributed by atoms with van der Waals surface area (Å²) in [4.78, 5) is 22.1. The first-order valence-electron chi connectivity index (χ1n) is 6.90. The molecule has 0 atom stereocenters. The summed E-state index contributed by atoms with van der Waals surface area (Å²) < 4.78 is 31.7. The number of nitrogens with zero attached hydrogens (tertiary/aromatic N) is 3. The van der Waals surface area contributed by atoms with Crippen LogP contribution < -0.4 is 4.90 Å². The number of carbonyl (C=O) groups is 1. The van der Waals surface area contributed by atoms with Crippen molar-refractivity contribution >= 4 is 11.8 Å². The second-order valence-electron chi connectivity index (χ2n) is 5.24. The summed E-state index contributed by atoms with van der Waals surface area (Å²) in [6.45, 7) is 4.00. The molecule has 0 saturated carbocycles. The molecule has 1 saturated heterocycles. The predicted molar refractivity (Wildman–Crippen MR) is 73.9 cm³/mol. The van der Waals surface area contributed by atoms with E-state index in [2.05, 4.69) is 9.97 Å². The molecule has 0 bridgehead atoms. The monoisotopic (exact) mass is 299 g/mol. The van der Waals surface area contributed by atoms with E-state index in [9.17, 15) is 13.6 Å². The Morgan fingerprint density at radius 1 is 1.24 bits per heavy atom. The topological polar surface area (TPSA) is 55.3 Å². The SMILES string of the molecule is COC(=O)c1c(C)nc(C)nc1N1CCCC(F)(F)CC1. The van der Waals surface area contributed by atoms with Crippen LogP contribution in [-0.2, 0) is 4.74 Å². The highest BCUT2D eigenvalue weighted by Gasteiger charge is 2.33. The Bertz CT molecular complexity index is 549. The molecule has 1 aliphatic heterocycles. The highest BCUT2D eigenvalue weighted by atomic mass is 19.3. The van der Waals surface area contributed by atoms with E-state index in [1.165, 1.54) is 7.11 Å². The fraction of sp³-hybridized carbons (Fsp3) is 0.643. The molecule has 0 unspecified atom stereocenters. The summed E-state index contributed by atoms with van der Waals surface area (Å²) in [5.74, 6) is -2.30. The van der Waals surface area contributed by atoms with Crippen LogP contribution in [0.25, 0.3) is 0 Å². The molecular weight excluding hydrogens is 280 g/mol. The van der Waals surface area contributed by atoms with Gasteiger partial charge in [0.15, 0.2) is 0 Å². The molecule has 0 amide bonds. The van der Waals surface area contributed by atoms with Crippen LogP contribution in [0.2, 0.25) is 0 Å². The van der Waals surface area contributed by atoms with Gasteiger partial charge in [-0.2, -0.15) is 0 Å². The maximum Gasteiger partial charge on any atom is 0.343 e. The summed E-state index contributed by atoms with van der Waals surface area (Å²) in [5, 5.41) is 0. The number of aryl methyl sites for hydroxylation is 2. The van der Waals surface area contributed by atoms with Gasteiger partial charge in [0.1, 0.15) is 17.2 Å². The van der Waals surface area contributed by atoms with Crippen molar-refractivity contribution in [1.29, 1.82) is 0 Å². The van der Waals surface area contributed by atoms with E-state index in [1.54, 1.807) is 18.7 Å². The van der Waals surface area contributed by atoms with Crippen molar-refractivity contribution in [2.75, 3.05) is 25.1 Å². The first-order chi connectivity index (χ1) is 9.84. The number of rotatable bonds is 2. The lowest BCUT2D eigenvalue weighted by Crippen LogP contribution is -2.29. The minimum Gasteiger partial charge on any atom is -0.465 e. The normalized spacial score (nSPS) is 18.2. The first-order valence-corrected chi connectivity index (χ1v) is 6.90. The van der Waals surface area contributed by atoms with Gasteiger partial charge < -0.3 is 9.64 Å². The van der Waals surface area contributed by atoms with Crippen LogP contribution in [-0.4, -0.2) is 42.1 Å². The third-order valence-corrected chi connectivity index (χ3v) is 3.59. The van der Waals surface area contributed by atoms with Gasteiger partial charge in [-0.1, -0.05) is 0 Å². The number of alkyl halides is 2. The Kier molecular flexibility index (Phi) is 4.39. The number of carbonyl (C=O) groups excluding carboxylic acids is 1. The molecule has 2 rings (SSSR count). The molecule has 2 heterocycles. The molecule has 0 aromatic carbocycles. The smallest absolute Gasteiger partial charge is 0.343 e. The summed E-state index contributed by atoms with van der Waals surface area (Å²) in [6, 6.07) is 0. The number of methoxy groups -OCH3 is 1. The number of ether oxygens (including phenoxy) is 1. The van der Waals surface area contributed by atoms with Crippen molar-refractivity contribution < 1.29 is 18.3 Å². The van der Waals surface area contributed by atoms with Crippen LogP contribution >= 0.6 is 0 Å². The summed E-state index contributed by atoms with van der Waals surface area (Å²) in [6.07, 6.45) is -0.0223. The van der Waals surface area contributed by atoms with E-state index in [0.717, 1.165) is 0 Å². The molecule has 1 aliphatic rings. The fourth-order valence-electron chi connectivity index (χ4n) is 2.54. The van der Waals surface area contributed by atoms with Crippen LogP contribution in [0.3, 0.4) is 0 Å². The lowest BCUT2D eigenvalue weighted by Gasteiger charge is -2.24. The zero-order chi connectivity index (χ0) is 15.6. The third-order valence-electron chi connectivity index (χ3n) is 3.59. The zero-order valence-electron chi connectivity index (χ0n) is 12.4. The number of halogens is 2. The number of hydrogen-bond acceptors (Lipinski definition) is 5. The lowest BCUT2D eigenvalue weighted by molar-refractivity contribution is -0.0102. The number of hydrogen-bond donors (Lipinski definition) is 0. The maximum atomic E-state index is 13.5. The van der Waals surface area contributed by atoms with Crippen LogP contribution in [0.4, 0.5) is 14.6 Å². The van der Waals surface area contributed by atoms with Crippen molar-refractivity contribution in [3.63, 3.8) is 0 Å². The molecule has 1 fully saturated rings. The van der Waals surface area contributed by atoms with E-state index in [-0.39, 0.29) is 24.9 Å². The van der Waals surface area contributed by atoms with Gasteiger partial charge in [-0.3, -0.25) is 0 Å². The molecule has 0 radical (unpaired) electrons. The molecule has 0 N–H and O–H groups in total. The van der Waals surface area contributed by atoms with Crippen molar-refractivity contribution in [2.45, 2.75) is 39.0 Å². The summed E-state index contributed by atoms with van der Waals surface area (Å²) in [7, 11) is 1.28. The highest BCUT2D eigenvalue weighted by molar-refractivity contribution is 5.95. The van der Waals surface area contributed by atoms with Crippen molar-refractivity contribution in [1.82, 2.24) is 9.97 Å². The Hall–Kier alpha value is -1.79. The molecule has 7 heteroatoms. The minimum atomic E-state index is -2.66. The Morgan fingerprint density at radius 3 is 2.62 bits per heavy atom. The Morgan fingerprint density at radius 2 is 1.95 bits per heavy atom. The Balaban J connectivity index is 2.40. The average Bonchev–Trinajstić information content (AvgIpc) is 2.58. The molecule has 0 spiro atoms. The van der Waals surface area contributed by atoms with Crippen molar-refractivity contribution in [3.8, 4) is 0 Å². The first kappa shape index (κ1) is 15.6. The number of esters is 1. The molecule has 0 aliphatic carbocycles. The van der Waals surface area contributed by atoms with E-state index in [0.29, 0.717) is 30.3 Å². The standard InChI is InChI=1S/C14H19F2N3O2/c1-9-11(13(20)21-3)12(18-10(2)17-9)19-7-4-5-14(15,16)6-8-19/h4-8H2,1-3H3. The van der Waals surface area contributed by atoms with Crippen LogP contribution in [0.15, 0.2) is 0 Å². The fourth-order valence-corrected chi connectivity index (χ4v) is 2.54. The van der Waals surface area contributed by atoms with Gasteiger partial charge in [-0.25, -0.2) is 23.5 Å². The molecule has 116 valence electrons. The van der Waals surface area contributed by atoms with Gasteiger partial charge in [-0.15, -0.1) is 0 Å². The van der Waals surface area contributed by atoms with Gasteiger partial charge >= 0.3 is 5.97 Å². The quantitative estimate of drug-likeness (QED) is 0.785. The third kappa shape index (κ3) is 3.46. The second-order valence-corrected chi connectivity index (χ2v) is 5.24. The van der Waals surface area contributed by atoms with Gasteiger partial charge in [0.2, 0.25) is 5.92 Å². The highest BCUT2D eigenvalue weighted by Crippen LogP contribution is 2.31. The predicted octanol–water partition coefficient (Wildman–Crippen LogP) is 2.51. The number of anilines is 1. The van der Waals surface area contributed by atoms with Gasteiger partial charge in [0.25, 0.3) is 0 Å². The molecular formula is C14H19F2N3O2. The van der Waals surface area contributed by atoms with Crippen LogP contribution in [0.1, 0.15) is 41.1 Å². The van der Waals surface area contributed by atoms with E-state index in [1.807, 2.05) is 0 Å². The van der Waals surface area contributed by atoms with E-state index < -0.39 is 11.9 Å². The van der Waals surface area contributed by atoms with Gasteiger partial charge in [0.05, 0.1) is 12.8 Å². The zero-order valence-corrected chi connectivity index (χ0v) is 12.4. The second kappa shape index (κ2) is 5.91. The van der Waals surface area contributed by atoms with Crippen LogP contribution in [0, 0.1) is 13.8 Å². The van der Waals surface area contributed by atoms with E-state index >= 15 is 0 Å². The van der Waals surface area contributed by atoms with Crippen molar-refractivity contribution in [3.05, 3.63) is 17.1 Å². The average molecular weight is 299 g/mol. The minimum absolute atomic E-state index is 0.139. The lowest BCUT2D eigenvalue weighted by atomic mass is 10.1. The molecule has 5 nitrogen and oxygen atoms in total. The number of aromatic nitrogens is 2. The Labute approximate surface area is 122 Å².